The zero-order valence-electron chi connectivity index (χ0n) is 24.6. The van der Waals surface area contributed by atoms with Gasteiger partial charge in [-0.25, -0.2) is 29.9 Å². The molecule has 1 aromatic carbocycles. The number of ether oxygens (including phenoxy) is 2. The van der Waals surface area contributed by atoms with Gasteiger partial charge in [-0.15, -0.1) is 0 Å². The van der Waals surface area contributed by atoms with Crippen LogP contribution in [0.25, 0.3) is 44.9 Å². The van der Waals surface area contributed by atoms with E-state index in [0.29, 0.717) is 37.5 Å². The molecule has 48 heavy (non-hydrogen) atoms. The number of aliphatic hydroxyl groups is 6. The third-order valence-corrected chi connectivity index (χ3v) is 8.58. The second-order valence-corrected chi connectivity index (χ2v) is 12.0. The first-order valence-corrected chi connectivity index (χ1v) is 15.6. The summed E-state index contributed by atoms with van der Waals surface area (Å²) in [5.41, 5.74) is 13.9. The summed E-state index contributed by atoms with van der Waals surface area (Å²) in [6.07, 6.45) is -5.70. The van der Waals surface area contributed by atoms with E-state index in [9.17, 15) is 25.5 Å². The van der Waals surface area contributed by atoms with Crippen LogP contribution in [0.2, 0.25) is 0 Å². The number of aliphatic hydroxyl groups excluding tert-OH is 6. The van der Waals surface area contributed by atoms with Crippen molar-refractivity contribution in [2.24, 2.45) is 0 Å². The van der Waals surface area contributed by atoms with Gasteiger partial charge in [-0.05, 0) is 12.1 Å². The molecule has 0 amide bonds. The minimum atomic E-state index is -1.26. The first-order chi connectivity index (χ1) is 23.1. The van der Waals surface area contributed by atoms with E-state index < -0.39 is 62.3 Å². The van der Waals surface area contributed by atoms with E-state index in [1.165, 1.54) is 21.8 Å². The number of anilines is 2. The van der Waals surface area contributed by atoms with E-state index in [1.807, 2.05) is 52.9 Å². The molecule has 0 unspecified atom stereocenters. The number of furan rings is 1. The maximum absolute atomic E-state index is 10.3. The average Bonchev–Trinajstić information content (AvgIpc) is 3.89. The number of imidazole rings is 2. The lowest BCUT2D eigenvalue weighted by Gasteiger charge is -2.16. The highest BCUT2D eigenvalue weighted by molar-refractivity contribution is 14.1. The van der Waals surface area contributed by atoms with E-state index in [0.717, 1.165) is 5.39 Å². The van der Waals surface area contributed by atoms with Crippen LogP contribution in [-0.2, 0) is 9.47 Å². The molecule has 8 rings (SSSR count). The summed E-state index contributed by atoms with van der Waals surface area (Å²) < 4.78 is 20.2. The fourth-order valence-electron chi connectivity index (χ4n) is 5.64. The van der Waals surface area contributed by atoms with Gasteiger partial charge in [-0.2, -0.15) is 0 Å². The Morgan fingerprint density at radius 3 is 1.81 bits per heavy atom. The van der Waals surface area contributed by atoms with Gasteiger partial charge in [0.15, 0.2) is 50.8 Å². The molecular formula is C28H29IN10O9. The molecule has 2 saturated heterocycles. The fourth-order valence-corrected chi connectivity index (χ4v) is 6.13. The molecule has 10 N–H and O–H groups in total. The van der Waals surface area contributed by atoms with Crippen molar-refractivity contribution in [1.29, 1.82) is 0 Å². The van der Waals surface area contributed by atoms with Crippen molar-refractivity contribution in [3.05, 3.63) is 46.8 Å². The number of hydrogen-bond acceptors (Lipinski definition) is 17. The van der Waals surface area contributed by atoms with Gasteiger partial charge >= 0.3 is 0 Å². The third kappa shape index (κ3) is 5.49. The van der Waals surface area contributed by atoms with Gasteiger partial charge in [0.25, 0.3) is 0 Å². The third-order valence-electron chi connectivity index (χ3n) is 8.10. The van der Waals surface area contributed by atoms with Crippen LogP contribution in [-0.4, -0.2) is 120 Å². The maximum atomic E-state index is 10.3. The second-order valence-electron chi connectivity index (χ2n) is 11.1. The summed E-state index contributed by atoms with van der Waals surface area (Å²) >= 11 is 1.92. The minimum Gasteiger partial charge on any atom is -0.453 e. The fraction of sp³-hybridized carbons (Fsp3) is 0.357. The van der Waals surface area contributed by atoms with Crippen molar-refractivity contribution in [2.75, 3.05) is 24.7 Å². The van der Waals surface area contributed by atoms with Crippen molar-refractivity contribution in [2.45, 2.75) is 49.1 Å². The summed E-state index contributed by atoms with van der Waals surface area (Å²) in [5, 5.41) is 59.4. The predicted molar refractivity (Wildman–Crippen MR) is 173 cm³/mol. The van der Waals surface area contributed by atoms with Gasteiger partial charge in [0, 0.05) is 28.0 Å². The molecular weight excluding hydrogens is 747 g/mol. The summed E-state index contributed by atoms with van der Waals surface area (Å²) in [5.74, 6) is 1.06. The van der Waals surface area contributed by atoms with Gasteiger partial charge < -0.3 is 56.0 Å². The molecule has 0 aliphatic carbocycles. The lowest BCUT2D eigenvalue weighted by molar-refractivity contribution is -0.0511. The number of benzene rings is 1. The minimum absolute atomic E-state index is 0.144. The van der Waals surface area contributed by atoms with Crippen LogP contribution < -0.4 is 11.5 Å². The molecule has 252 valence electrons. The van der Waals surface area contributed by atoms with Crippen molar-refractivity contribution in [3.63, 3.8) is 0 Å². The van der Waals surface area contributed by atoms with Crippen molar-refractivity contribution >= 4 is 67.5 Å². The van der Waals surface area contributed by atoms with E-state index in [1.54, 1.807) is 0 Å². The Kier molecular flexibility index (Phi) is 8.59. The quantitative estimate of drug-likeness (QED) is 0.0774. The predicted octanol–water partition coefficient (Wildman–Crippen LogP) is -0.942. The highest BCUT2D eigenvalue weighted by Crippen LogP contribution is 2.34. The van der Waals surface area contributed by atoms with Crippen LogP contribution in [0.4, 0.5) is 11.6 Å². The number of fused-ring (bicyclic) bond motifs is 3. The van der Waals surface area contributed by atoms with Gasteiger partial charge in [-0.1, -0.05) is 18.2 Å². The Labute approximate surface area is 282 Å². The monoisotopic (exact) mass is 776 g/mol. The SMILES string of the molecule is Nc1nc(-c2cc3ccccc3o2)nc2c1ncn2[C@@H]1O[C@H](CO)[C@@H](O)[C@H]1O.Nc1nc(I)nc2c1ncn2[C@@H]1O[C@H](CO)[C@@H](O)[C@H]1O. The number of halogens is 1. The van der Waals surface area contributed by atoms with E-state index in [4.69, 9.17) is 30.5 Å². The molecule has 0 saturated carbocycles. The lowest BCUT2D eigenvalue weighted by Crippen LogP contribution is -2.33. The maximum Gasteiger partial charge on any atom is 0.199 e. The summed E-state index contributed by atoms with van der Waals surface area (Å²) in [6.45, 7) is -0.821. The Morgan fingerprint density at radius 1 is 0.729 bits per heavy atom. The largest absolute Gasteiger partial charge is 0.453 e. The average molecular weight is 777 g/mol. The highest BCUT2D eigenvalue weighted by atomic mass is 127. The standard InChI is InChI=1S/C18H17N5O5.C10H12IN5O4/c19-15-12-17(23(7-20-12)18-14(26)13(25)11(6-24)28-18)22-16(21-15)10-5-8-3-1-2-4-9(8)27-10;11-10-14-7(12)4-8(15-10)16(2-13-4)9-6(19)5(18)3(1-17)20-9/h1-5,7,11,13-14,18,24-26H,6H2,(H2,19,21,22);2-3,5-6,9,17-19H,1H2,(H2,12,14,15)/t11-,13-,14-,18-;3-,5-,6-,9-/m11/s1. The number of rotatable bonds is 5. The van der Waals surface area contributed by atoms with Gasteiger partial charge in [0.1, 0.15) is 53.2 Å². The Bertz CT molecular complexity index is 2070. The molecule has 7 heterocycles. The number of nitrogens with two attached hydrogens (primary N) is 2. The number of hydrogen-bond donors (Lipinski definition) is 8. The topological polar surface area (TPSA) is 292 Å². The number of nitrogen functional groups attached to an aromatic ring is 2. The zero-order valence-corrected chi connectivity index (χ0v) is 26.8. The molecule has 2 aliphatic heterocycles. The Balaban J connectivity index is 0.000000161. The van der Waals surface area contributed by atoms with E-state index >= 15 is 0 Å². The normalized spacial score (nSPS) is 27.2. The first-order valence-electron chi connectivity index (χ1n) is 14.5. The van der Waals surface area contributed by atoms with Crippen LogP contribution in [0.15, 0.2) is 47.4 Å². The van der Waals surface area contributed by atoms with Crippen LogP contribution in [0.3, 0.4) is 0 Å². The molecule has 2 aliphatic rings. The number of para-hydroxylation sites is 1. The first kappa shape index (κ1) is 32.4. The Hall–Kier alpha value is -4.13. The Morgan fingerprint density at radius 2 is 1.27 bits per heavy atom. The molecule has 5 aromatic heterocycles. The van der Waals surface area contributed by atoms with Crippen LogP contribution in [0.5, 0.6) is 0 Å². The van der Waals surface area contributed by atoms with Gasteiger partial charge in [-0.3, -0.25) is 9.13 Å². The summed E-state index contributed by atoms with van der Waals surface area (Å²) in [4.78, 5) is 25.3. The number of nitrogens with zero attached hydrogens (tertiary/aromatic N) is 8. The molecule has 20 heteroatoms. The molecule has 2 fully saturated rings. The highest BCUT2D eigenvalue weighted by Gasteiger charge is 2.45. The molecule has 0 bridgehead atoms. The molecule has 6 aromatic rings. The van der Waals surface area contributed by atoms with E-state index in [-0.39, 0.29) is 17.5 Å². The van der Waals surface area contributed by atoms with Crippen molar-refractivity contribution in [1.82, 2.24) is 39.0 Å². The molecule has 19 nitrogen and oxygen atoms in total. The lowest BCUT2D eigenvalue weighted by atomic mass is 10.1. The zero-order chi connectivity index (χ0) is 33.9. The van der Waals surface area contributed by atoms with Crippen LogP contribution in [0.1, 0.15) is 12.5 Å². The van der Waals surface area contributed by atoms with Crippen molar-refractivity contribution in [3.8, 4) is 11.6 Å². The van der Waals surface area contributed by atoms with Crippen molar-refractivity contribution < 1.29 is 44.5 Å². The van der Waals surface area contributed by atoms with Crippen LogP contribution in [0, 0.1) is 3.83 Å². The summed E-state index contributed by atoms with van der Waals surface area (Å²) in [6, 6.07) is 9.32. The van der Waals surface area contributed by atoms with E-state index in [2.05, 4.69) is 29.9 Å². The molecule has 8 atom stereocenters. The second kappa shape index (κ2) is 12.7. The molecule has 0 spiro atoms. The molecule has 0 radical (unpaired) electrons. The van der Waals surface area contributed by atoms with Gasteiger partial charge in [0.05, 0.1) is 25.9 Å². The van der Waals surface area contributed by atoms with Crippen LogP contribution >= 0.6 is 22.6 Å². The summed E-state index contributed by atoms with van der Waals surface area (Å²) in [7, 11) is 0. The number of aromatic nitrogens is 8. The smallest absolute Gasteiger partial charge is 0.199 e. The van der Waals surface area contributed by atoms with Gasteiger partial charge in [0.2, 0.25) is 0 Å².